The van der Waals surface area contributed by atoms with E-state index in [2.05, 4.69) is 45.9 Å². The molecule has 0 saturated carbocycles. The van der Waals surface area contributed by atoms with Crippen LogP contribution in [0.25, 0.3) is 0 Å². The van der Waals surface area contributed by atoms with Crippen molar-refractivity contribution in [3.63, 3.8) is 0 Å². The smallest absolute Gasteiger partial charge is 0.320 e. The molecular formula is C30H47N3O8. The van der Waals surface area contributed by atoms with Crippen LogP contribution in [0.15, 0.2) is 58.7 Å². The highest BCUT2D eigenvalue weighted by atomic mass is 16.4. The van der Waals surface area contributed by atoms with E-state index in [1.807, 2.05) is 19.1 Å². The predicted molar refractivity (Wildman–Crippen MR) is 159 cm³/mol. The molecule has 1 aliphatic rings. The number of rotatable bonds is 13. The fourth-order valence-corrected chi connectivity index (χ4v) is 3.62. The summed E-state index contributed by atoms with van der Waals surface area (Å²) in [6, 6.07) is -2.04. The summed E-state index contributed by atoms with van der Waals surface area (Å²) in [5, 5.41) is 24.5. The minimum absolute atomic E-state index is 0.0213. The molecule has 0 bridgehead atoms. The predicted octanol–water partition coefficient (Wildman–Crippen LogP) is 3.64. The first-order valence-electron chi connectivity index (χ1n) is 13.3. The molecule has 0 radical (unpaired) electrons. The second kappa shape index (κ2) is 21.0. The second-order valence-corrected chi connectivity index (χ2v) is 10.4. The first-order chi connectivity index (χ1) is 18.9. The van der Waals surface area contributed by atoms with Gasteiger partial charge in [0.1, 0.15) is 18.4 Å². The van der Waals surface area contributed by atoms with Crippen LogP contribution in [0, 0.1) is 5.41 Å². The van der Waals surface area contributed by atoms with Gasteiger partial charge in [0.05, 0.1) is 0 Å². The normalized spacial score (nSPS) is 16.7. The number of allylic oxidation sites excluding steroid dienone is 10. The third-order valence-electron chi connectivity index (χ3n) is 6.11. The number of carbonyl (C=O) groups is 5. The zero-order chi connectivity index (χ0) is 32.2. The standard InChI is InChI=1S/C20H28O.C5H10N2O3.C5H9NO4/c1-16(8-6-9-17(2)13-15-21)11-12-19-18(3)10-7-14-20(19,4)5;2*6-3(5(9)10)1-2-4(7)8/h6,8-9,11-13,15H,7,10,14H2,1-5H3;3H,1-2,6H2,(H2,7,8)(H,9,10);3H,1-2,6H2,(H,7,8)(H,9,10)/t;2*3-/m.00/s1. The van der Waals surface area contributed by atoms with E-state index in [0.717, 1.165) is 11.9 Å². The van der Waals surface area contributed by atoms with Crippen LogP contribution in [0.5, 0.6) is 0 Å². The van der Waals surface area contributed by atoms with E-state index in [1.165, 1.54) is 36.0 Å². The molecule has 2 atom stereocenters. The van der Waals surface area contributed by atoms with Gasteiger partial charge in [0.25, 0.3) is 0 Å². The summed E-state index contributed by atoms with van der Waals surface area (Å²) in [6.07, 6.45) is 16.5. The number of amides is 1. The van der Waals surface area contributed by atoms with Gasteiger partial charge >= 0.3 is 17.9 Å². The molecule has 1 amide bonds. The van der Waals surface area contributed by atoms with Crippen molar-refractivity contribution in [3.8, 4) is 0 Å². The Kier molecular flexibility index (Phi) is 20.1. The van der Waals surface area contributed by atoms with Crippen molar-refractivity contribution in [3.05, 3.63) is 58.7 Å². The molecule has 0 aromatic rings. The molecule has 0 aromatic carbocycles. The number of aliphatic carboxylic acids is 3. The molecule has 9 N–H and O–H groups in total. The van der Waals surface area contributed by atoms with Crippen LogP contribution in [-0.2, 0) is 24.0 Å². The Morgan fingerprint density at radius 1 is 0.902 bits per heavy atom. The number of carbonyl (C=O) groups excluding carboxylic acids is 2. The summed E-state index contributed by atoms with van der Waals surface area (Å²) in [4.78, 5) is 50.3. The molecule has 0 heterocycles. The molecule has 11 nitrogen and oxygen atoms in total. The van der Waals surface area contributed by atoms with Crippen molar-refractivity contribution in [2.75, 3.05) is 0 Å². The van der Waals surface area contributed by atoms with Crippen molar-refractivity contribution in [2.24, 2.45) is 22.6 Å². The van der Waals surface area contributed by atoms with Crippen molar-refractivity contribution < 1.29 is 39.3 Å². The van der Waals surface area contributed by atoms with Crippen LogP contribution in [0.4, 0.5) is 0 Å². The Morgan fingerprint density at radius 3 is 1.85 bits per heavy atom. The van der Waals surface area contributed by atoms with Crippen LogP contribution in [-0.4, -0.2) is 57.5 Å². The molecule has 1 rings (SSSR count). The molecule has 0 saturated heterocycles. The monoisotopic (exact) mass is 577 g/mol. The highest BCUT2D eigenvalue weighted by molar-refractivity contribution is 5.77. The lowest BCUT2D eigenvalue weighted by molar-refractivity contribution is -0.140. The van der Waals surface area contributed by atoms with Gasteiger partial charge in [-0.15, -0.1) is 0 Å². The van der Waals surface area contributed by atoms with Gasteiger partial charge in [0.15, 0.2) is 0 Å². The Hall–Kier alpha value is -3.83. The number of carboxylic acids is 3. The van der Waals surface area contributed by atoms with E-state index in [0.29, 0.717) is 0 Å². The molecule has 41 heavy (non-hydrogen) atoms. The summed E-state index contributed by atoms with van der Waals surface area (Å²) >= 11 is 0. The quantitative estimate of drug-likeness (QED) is 0.106. The minimum atomic E-state index is -1.17. The molecule has 0 fully saturated rings. The van der Waals surface area contributed by atoms with Gasteiger partial charge in [-0.2, -0.15) is 0 Å². The molecule has 230 valence electrons. The van der Waals surface area contributed by atoms with Gasteiger partial charge in [-0.1, -0.05) is 55.4 Å². The number of hydrogen-bond donors (Lipinski definition) is 6. The van der Waals surface area contributed by atoms with Crippen molar-refractivity contribution in [1.82, 2.24) is 0 Å². The van der Waals surface area contributed by atoms with Crippen LogP contribution < -0.4 is 17.2 Å². The van der Waals surface area contributed by atoms with E-state index in [4.69, 9.17) is 32.5 Å². The van der Waals surface area contributed by atoms with Gasteiger partial charge in [0.2, 0.25) is 5.91 Å². The number of aldehydes is 1. The topological polar surface area (TPSA) is 224 Å². The summed E-state index contributed by atoms with van der Waals surface area (Å²) in [5.41, 5.74) is 20.3. The van der Waals surface area contributed by atoms with E-state index < -0.39 is 35.9 Å². The third kappa shape index (κ3) is 20.7. The average Bonchev–Trinajstić information content (AvgIpc) is 2.85. The Morgan fingerprint density at radius 2 is 1.41 bits per heavy atom. The van der Waals surface area contributed by atoms with Crippen molar-refractivity contribution in [2.45, 2.75) is 91.6 Å². The molecule has 1 aliphatic carbocycles. The van der Waals surface area contributed by atoms with Crippen molar-refractivity contribution in [1.29, 1.82) is 0 Å². The van der Waals surface area contributed by atoms with Crippen LogP contribution in [0.2, 0.25) is 0 Å². The summed E-state index contributed by atoms with van der Waals surface area (Å²) in [5.74, 6) is -3.84. The van der Waals surface area contributed by atoms with Crippen LogP contribution in [0.3, 0.4) is 0 Å². The Labute approximate surface area is 242 Å². The first kappa shape index (κ1) is 39.3. The van der Waals surface area contributed by atoms with E-state index >= 15 is 0 Å². The number of hydrogen-bond acceptors (Lipinski definition) is 7. The molecule has 0 unspecified atom stereocenters. The first-order valence-corrected chi connectivity index (χ1v) is 13.3. The van der Waals surface area contributed by atoms with Gasteiger partial charge in [-0.25, -0.2) is 0 Å². The molecule has 0 aliphatic heterocycles. The molecule has 11 heteroatoms. The van der Waals surface area contributed by atoms with Crippen LogP contribution >= 0.6 is 0 Å². The zero-order valence-corrected chi connectivity index (χ0v) is 24.8. The summed E-state index contributed by atoms with van der Waals surface area (Å²) in [7, 11) is 0. The van der Waals surface area contributed by atoms with Gasteiger partial charge in [-0.05, 0) is 75.5 Å². The average molecular weight is 578 g/mol. The van der Waals surface area contributed by atoms with Gasteiger partial charge < -0.3 is 32.5 Å². The minimum Gasteiger partial charge on any atom is -0.481 e. The maximum absolute atomic E-state index is 10.3. The highest BCUT2D eigenvalue weighted by Gasteiger charge is 2.26. The summed E-state index contributed by atoms with van der Waals surface area (Å²) < 4.78 is 0. The van der Waals surface area contributed by atoms with E-state index in [-0.39, 0.29) is 31.1 Å². The van der Waals surface area contributed by atoms with Gasteiger partial charge in [0, 0.05) is 12.8 Å². The number of nitrogens with two attached hydrogens (primary N) is 3. The maximum atomic E-state index is 10.3. The number of primary amides is 1. The van der Waals surface area contributed by atoms with Crippen LogP contribution in [0.1, 0.15) is 79.6 Å². The Balaban J connectivity index is 0. The second-order valence-electron chi connectivity index (χ2n) is 10.4. The third-order valence-corrected chi connectivity index (χ3v) is 6.11. The summed E-state index contributed by atoms with van der Waals surface area (Å²) in [6.45, 7) is 10.9. The Bertz CT molecular complexity index is 1020. The lowest BCUT2D eigenvalue weighted by Gasteiger charge is -2.32. The highest BCUT2D eigenvalue weighted by Crippen LogP contribution is 2.40. The SMILES string of the molecule is CC(C=CC=C(C)C=CC1=C(C)CCCC1(C)C)=CC=O.NC(=O)CC[C@H](N)C(=O)O.N[C@@H](CCC(=O)O)C(=O)O. The largest absolute Gasteiger partial charge is 0.481 e. The lowest BCUT2D eigenvalue weighted by atomic mass is 9.72. The zero-order valence-electron chi connectivity index (χ0n) is 24.8. The fourth-order valence-electron chi connectivity index (χ4n) is 3.62. The molecular weight excluding hydrogens is 530 g/mol. The number of carboxylic acid groups (broad SMARTS) is 3. The maximum Gasteiger partial charge on any atom is 0.320 e. The van der Waals surface area contributed by atoms with Crippen molar-refractivity contribution >= 4 is 30.1 Å². The van der Waals surface area contributed by atoms with E-state index in [1.54, 1.807) is 6.08 Å². The fraction of sp³-hybridized carbons (Fsp3) is 0.500. The van der Waals surface area contributed by atoms with E-state index in [9.17, 15) is 24.0 Å². The van der Waals surface area contributed by atoms with Gasteiger partial charge in [-0.3, -0.25) is 24.0 Å². The lowest BCUT2D eigenvalue weighted by Crippen LogP contribution is -2.31. The molecule has 0 spiro atoms. The molecule has 0 aromatic heterocycles.